The number of imidazole rings is 1. The van der Waals surface area contributed by atoms with Gasteiger partial charge in [-0.3, -0.25) is 9.69 Å². The average molecular weight is 583 g/mol. The van der Waals surface area contributed by atoms with Gasteiger partial charge in [0.2, 0.25) is 0 Å². The van der Waals surface area contributed by atoms with Crippen LogP contribution in [0.15, 0.2) is 59.6 Å². The van der Waals surface area contributed by atoms with Crippen molar-refractivity contribution in [2.24, 2.45) is 0 Å². The van der Waals surface area contributed by atoms with Crippen LogP contribution >= 0.6 is 11.8 Å². The van der Waals surface area contributed by atoms with Crippen LogP contribution < -0.4 is 10.2 Å². The van der Waals surface area contributed by atoms with Crippen molar-refractivity contribution >= 4 is 29.1 Å². The van der Waals surface area contributed by atoms with Crippen LogP contribution in [-0.2, 0) is 6.54 Å². The molecule has 2 aliphatic heterocycles. The highest BCUT2D eigenvalue weighted by molar-refractivity contribution is 7.98. The van der Waals surface area contributed by atoms with E-state index in [-0.39, 0.29) is 42.2 Å². The third-order valence-corrected chi connectivity index (χ3v) is 8.37. The third-order valence-electron chi connectivity index (χ3n) is 7.66. The first-order chi connectivity index (χ1) is 19.8. The SMILES string of the molecule is CSc1cc(F)cc(C2CC(F)CN2c2ccc3ncc(C(=O)NC4CCN(Cc5ccc(F)c(O)c5)C4)n3n2)c1. The van der Waals surface area contributed by atoms with Crippen LogP contribution in [-0.4, -0.2) is 68.6 Å². The number of halogens is 3. The minimum absolute atomic E-state index is 0.105. The van der Waals surface area contributed by atoms with Crippen molar-refractivity contribution in [3.8, 4) is 5.75 Å². The van der Waals surface area contributed by atoms with Gasteiger partial charge in [0.1, 0.15) is 17.8 Å². The van der Waals surface area contributed by atoms with Crippen LogP contribution in [0.3, 0.4) is 0 Å². The number of benzene rings is 2. The van der Waals surface area contributed by atoms with Gasteiger partial charge in [0.25, 0.3) is 5.91 Å². The first-order valence-corrected chi connectivity index (χ1v) is 14.6. The van der Waals surface area contributed by atoms with Crippen LogP contribution in [0.25, 0.3) is 5.65 Å². The van der Waals surface area contributed by atoms with Gasteiger partial charge in [-0.1, -0.05) is 6.07 Å². The number of carbonyl (C=O) groups is 1. The molecule has 0 radical (unpaired) electrons. The number of phenolic OH excluding ortho intramolecular Hbond substituents is 1. The molecule has 1 amide bonds. The van der Waals surface area contributed by atoms with Crippen LogP contribution in [0, 0.1) is 11.6 Å². The summed E-state index contributed by atoms with van der Waals surface area (Å²) in [7, 11) is 0. The van der Waals surface area contributed by atoms with E-state index in [9.17, 15) is 23.1 Å². The Kier molecular flexibility index (Phi) is 7.52. The molecule has 3 unspecified atom stereocenters. The molecule has 2 aromatic carbocycles. The van der Waals surface area contributed by atoms with E-state index >= 15 is 0 Å². The van der Waals surface area contributed by atoms with Crippen molar-refractivity contribution in [3.05, 3.63) is 83.2 Å². The van der Waals surface area contributed by atoms with E-state index in [1.807, 2.05) is 17.2 Å². The molecule has 0 aliphatic carbocycles. The summed E-state index contributed by atoms with van der Waals surface area (Å²) in [6.07, 6.45) is 3.17. The number of aromatic hydroxyl groups is 1. The Morgan fingerprint density at radius 2 is 2.00 bits per heavy atom. The van der Waals surface area contributed by atoms with Crippen molar-refractivity contribution in [2.75, 3.05) is 30.8 Å². The first-order valence-electron chi connectivity index (χ1n) is 13.4. The van der Waals surface area contributed by atoms with Gasteiger partial charge in [0.05, 0.1) is 18.8 Å². The number of anilines is 1. The maximum Gasteiger partial charge on any atom is 0.271 e. The molecule has 2 fully saturated rings. The van der Waals surface area contributed by atoms with Crippen molar-refractivity contribution in [2.45, 2.75) is 42.5 Å². The molecule has 6 rings (SSSR count). The molecule has 2 aliphatic rings. The number of aromatic nitrogens is 3. The van der Waals surface area contributed by atoms with Gasteiger partial charge in [0, 0.05) is 37.0 Å². The lowest BCUT2D eigenvalue weighted by Crippen LogP contribution is -2.37. The number of fused-ring (bicyclic) bond motifs is 1. The third kappa shape index (κ3) is 5.71. The van der Waals surface area contributed by atoms with Crippen LogP contribution in [0.1, 0.15) is 40.5 Å². The standard InChI is InChI=1S/C29H29F3N6O2S/c1-41-22-10-18(9-19(30)11-22)24-12-20(31)15-37(24)28-5-4-27-33-13-25(38(27)35-28)29(40)34-21-6-7-36(16-21)14-17-2-3-23(32)26(39)8-17/h2-5,8-11,13,20-21,24,39H,6-7,12,14-16H2,1H3,(H,34,40). The van der Waals surface area contributed by atoms with Gasteiger partial charge in [-0.25, -0.2) is 22.7 Å². The van der Waals surface area contributed by atoms with Gasteiger partial charge in [-0.2, -0.15) is 0 Å². The number of nitrogens with one attached hydrogen (secondary N) is 1. The highest BCUT2D eigenvalue weighted by atomic mass is 32.2. The molecule has 3 atom stereocenters. The summed E-state index contributed by atoms with van der Waals surface area (Å²) in [6.45, 7) is 1.96. The second-order valence-corrected chi connectivity index (χ2v) is 11.4. The lowest BCUT2D eigenvalue weighted by atomic mass is 10.0. The molecular weight excluding hydrogens is 553 g/mol. The Labute approximate surface area is 239 Å². The maximum atomic E-state index is 14.7. The van der Waals surface area contributed by atoms with E-state index in [2.05, 4.69) is 20.3 Å². The summed E-state index contributed by atoms with van der Waals surface area (Å²) < 4.78 is 43.8. The Morgan fingerprint density at radius 1 is 1.15 bits per heavy atom. The molecule has 0 bridgehead atoms. The highest BCUT2D eigenvalue weighted by Crippen LogP contribution is 2.38. The molecule has 41 heavy (non-hydrogen) atoms. The predicted octanol–water partition coefficient (Wildman–Crippen LogP) is 4.73. The molecule has 4 heterocycles. The summed E-state index contributed by atoms with van der Waals surface area (Å²) in [5.74, 6) is -1.27. The van der Waals surface area contributed by atoms with Crippen molar-refractivity contribution in [3.63, 3.8) is 0 Å². The Balaban J connectivity index is 1.18. The summed E-state index contributed by atoms with van der Waals surface area (Å²) in [6, 6.07) is 12.0. The van der Waals surface area contributed by atoms with Crippen molar-refractivity contribution in [1.82, 2.24) is 24.8 Å². The molecular formula is C29H29F3N6O2S. The summed E-state index contributed by atoms with van der Waals surface area (Å²) >= 11 is 1.42. The van der Waals surface area contributed by atoms with E-state index in [1.54, 1.807) is 18.2 Å². The van der Waals surface area contributed by atoms with Crippen LogP contribution in [0.5, 0.6) is 5.75 Å². The second-order valence-electron chi connectivity index (χ2n) is 10.5. The zero-order valence-corrected chi connectivity index (χ0v) is 23.1. The fourth-order valence-electron chi connectivity index (χ4n) is 5.69. The topological polar surface area (TPSA) is 86.0 Å². The number of rotatable bonds is 7. The zero-order valence-electron chi connectivity index (χ0n) is 22.3. The molecule has 8 nitrogen and oxygen atoms in total. The number of hydrogen-bond donors (Lipinski definition) is 2. The smallest absolute Gasteiger partial charge is 0.271 e. The quantitative estimate of drug-likeness (QED) is 0.305. The lowest BCUT2D eigenvalue weighted by molar-refractivity contribution is 0.0930. The number of nitrogens with zero attached hydrogens (tertiary/aromatic N) is 5. The predicted molar refractivity (Wildman–Crippen MR) is 150 cm³/mol. The number of amides is 1. The number of likely N-dealkylation sites (tertiary alicyclic amines) is 1. The van der Waals surface area contributed by atoms with E-state index < -0.39 is 18.0 Å². The molecule has 0 saturated carbocycles. The number of hydrogen-bond acceptors (Lipinski definition) is 7. The Hall–Kier alpha value is -3.77. The van der Waals surface area contributed by atoms with Gasteiger partial charge < -0.3 is 15.3 Å². The molecule has 4 aromatic rings. The number of carbonyl (C=O) groups excluding carboxylic acids is 1. The average Bonchev–Trinajstić information content (AvgIpc) is 3.68. The monoisotopic (exact) mass is 582 g/mol. The maximum absolute atomic E-state index is 14.7. The van der Waals surface area contributed by atoms with Gasteiger partial charge in [0.15, 0.2) is 22.9 Å². The van der Waals surface area contributed by atoms with E-state index in [0.29, 0.717) is 30.1 Å². The molecule has 12 heteroatoms. The van der Waals surface area contributed by atoms with Crippen molar-refractivity contribution in [1.29, 1.82) is 0 Å². The molecule has 214 valence electrons. The minimum atomic E-state index is -1.10. The second kappa shape index (κ2) is 11.2. The van der Waals surface area contributed by atoms with E-state index in [4.69, 9.17) is 0 Å². The Bertz CT molecular complexity index is 1600. The largest absolute Gasteiger partial charge is 0.505 e. The summed E-state index contributed by atoms with van der Waals surface area (Å²) in [5, 5.41) is 17.4. The van der Waals surface area contributed by atoms with Gasteiger partial charge >= 0.3 is 0 Å². The normalized spacial score (nSPS) is 21.2. The number of alkyl halides is 1. The van der Waals surface area contributed by atoms with E-state index in [1.165, 1.54) is 46.7 Å². The number of phenols is 1. The highest BCUT2D eigenvalue weighted by Gasteiger charge is 2.35. The van der Waals surface area contributed by atoms with Crippen molar-refractivity contribution < 1.29 is 23.1 Å². The fraction of sp³-hybridized carbons (Fsp3) is 0.345. The molecule has 2 N–H and O–H groups in total. The summed E-state index contributed by atoms with van der Waals surface area (Å²) in [4.78, 5) is 22.3. The number of thioether (sulfide) groups is 1. The fourth-order valence-corrected chi connectivity index (χ4v) is 6.17. The van der Waals surface area contributed by atoms with Crippen LogP contribution in [0.4, 0.5) is 19.0 Å². The molecule has 2 saturated heterocycles. The Morgan fingerprint density at radius 3 is 2.80 bits per heavy atom. The zero-order chi connectivity index (χ0) is 28.7. The van der Waals surface area contributed by atoms with E-state index in [0.717, 1.165) is 23.4 Å². The first kappa shape index (κ1) is 27.4. The summed E-state index contributed by atoms with van der Waals surface area (Å²) in [5.41, 5.74) is 2.20. The van der Waals surface area contributed by atoms with Gasteiger partial charge in [-0.15, -0.1) is 16.9 Å². The molecule has 2 aromatic heterocycles. The molecule has 0 spiro atoms. The van der Waals surface area contributed by atoms with Crippen LogP contribution in [0.2, 0.25) is 0 Å². The lowest BCUT2D eigenvalue weighted by Gasteiger charge is -2.26. The van der Waals surface area contributed by atoms with Gasteiger partial charge in [-0.05, 0) is 66.3 Å². The minimum Gasteiger partial charge on any atom is -0.505 e.